The SMILES string of the molecule is C/C(=C\C(=C/NC=O)C1CN(C(C)C(=O)Nc2ccc(F)cn2)CCC1(F)F)CO.CC. The lowest BCUT2D eigenvalue weighted by molar-refractivity contribution is -0.128. The minimum atomic E-state index is -3.06. The lowest BCUT2D eigenvalue weighted by atomic mass is 9.85. The Bertz CT molecular complexity index is 813. The number of alkyl halides is 2. The highest BCUT2D eigenvalue weighted by atomic mass is 19.3. The van der Waals surface area contributed by atoms with E-state index in [4.69, 9.17) is 0 Å². The summed E-state index contributed by atoms with van der Waals surface area (Å²) in [6, 6.07) is 1.71. The molecule has 2 heterocycles. The molecule has 2 atom stereocenters. The van der Waals surface area contributed by atoms with E-state index in [1.165, 1.54) is 18.3 Å². The molecule has 0 aliphatic carbocycles. The number of likely N-dealkylation sites (tertiary alicyclic amines) is 1. The van der Waals surface area contributed by atoms with Crippen molar-refractivity contribution in [2.24, 2.45) is 5.92 Å². The van der Waals surface area contributed by atoms with E-state index >= 15 is 0 Å². The Hall–Kier alpha value is -2.72. The number of nitrogens with one attached hydrogen (secondary N) is 2. The molecule has 1 aliphatic heterocycles. The van der Waals surface area contributed by atoms with Gasteiger partial charge >= 0.3 is 0 Å². The van der Waals surface area contributed by atoms with Crippen LogP contribution in [0.1, 0.15) is 34.1 Å². The van der Waals surface area contributed by atoms with Crippen molar-refractivity contribution in [3.05, 3.63) is 47.6 Å². The number of aliphatic hydroxyl groups is 1. The first kappa shape index (κ1) is 27.3. The van der Waals surface area contributed by atoms with Gasteiger partial charge in [-0.25, -0.2) is 18.2 Å². The van der Waals surface area contributed by atoms with Gasteiger partial charge in [0, 0.05) is 25.7 Å². The summed E-state index contributed by atoms with van der Waals surface area (Å²) in [5, 5.41) is 14.1. The van der Waals surface area contributed by atoms with Crippen molar-refractivity contribution < 1.29 is 27.9 Å². The van der Waals surface area contributed by atoms with Crippen LogP contribution >= 0.6 is 0 Å². The Labute approximate surface area is 186 Å². The van der Waals surface area contributed by atoms with E-state index in [9.17, 15) is 27.9 Å². The van der Waals surface area contributed by atoms with Gasteiger partial charge in [0.25, 0.3) is 5.92 Å². The third-order valence-corrected chi connectivity index (χ3v) is 4.95. The van der Waals surface area contributed by atoms with Crippen LogP contribution in [0.2, 0.25) is 0 Å². The molecule has 1 saturated heterocycles. The van der Waals surface area contributed by atoms with Gasteiger partial charge in [-0.05, 0) is 37.1 Å². The monoisotopic (exact) mass is 456 g/mol. The molecular weight excluding hydrogens is 425 g/mol. The third kappa shape index (κ3) is 7.76. The Kier molecular flexibility index (Phi) is 11.1. The zero-order chi connectivity index (χ0) is 24.3. The number of anilines is 1. The zero-order valence-corrected chi connectivity index (χ0v) is 18.7. The number of carbonyl (C=O) groups excluding carboxylic acids is 2. The molecule has 0 bridgehead atoms. The number of hydrogen-bond donors (Lipinski definition) is 3. The molecule has 1 aromatic heterocycles. The van der Waals surface area contributed by atoms with E-state index in [1.807, 2.05) is 13.8 Å². The minimum absolute atomic E-state index is 0.00792. The van der Waals surface area contributed by atoms with Gasteiger partial charge in [0.05, 0.1) is 24.8 Å². The Morgan fingerprint density at radius 1 is 1.41 bits per heavy atom. The number of allylic oxidation sites excluding steroid dienone is 1. The second kappa shape index (κ2) is 13.0. The van der Waals surface area contributed by atoms with Gasteiger partial charge in [-0.15, -0.1) is 0 Å². The summed E-state index contributed by atoms with van der Waals surface area (Å²) in [4.78, 5) is 28.6. The molecule has 32 heavy (non-hydrogen) atoms. The van der Waals surface area contributed by atoms with Gasteiger partial charge in [0.2, 0.25) is 12.3 Å². The predicted molar refractivity (Wildman–Crippen MR) is 116 cm³/mol. The normalized spacial score (nSPS) is 19.9. The first-order chi connectivity index (χ1) is 15.2. The second-order valence-corrected chi connectivity index (χ2v) is 7.16. The number of amides is 2. The molecule has 7 nitrogen and oxygen atoms in total. The molecule has 1 aliphatic rings. The van der Waals surface area contributed by atoms with Crippen LogP contribution in [0.3, 0.4) is 0 Å². The maximum atomic E-state index is 14.7. The molecule has 2 unspecified atom stereocenters. The highest BCUT2D eigenvalue weighted by Gasteiger charge is 2.46. The van der Waals surface area contributed by atoms with Crippen LogP contribution in [0, 0.1) is 11.7 Å². The maximum Gasteiger partial charge on any atom is 0.257 e. The summed E-state index contributed by atoms with van der Waals surface area (Å²) in [6.45, 7) is 6.70. The fourth-order valence-corrected chi connectivity index (χ4v) is 3.18. The average molecular weight is 457 g/mol. The molecule has 10 heteroatoms. The molecule has 0 saturated carbocycles. The standard InChI is InChI=1S/C20H25F3N4O3.C2H6/c1-13(11-28)7-15(8-24-12-29)17-10-27(6-5-20(17,22)23)14(2)19(30)26-18-4-3-16(21)9-25-18;1-2/h3-4,7-9,12,14,17,28H,5-6,10-11H2,1-2H3,(H,24,29)(H,25,26,30);1-2H3/b13-7+,15-8+;. The molecule has 2 amide bonds. The van der Waals surface area contributed by atoms with E-state index in [0.717, 1.165) is 12.3 Å². The zero-order valence-electron chi connectivity index (χ0n) is 18.7. The molecule has 0 radical (unpaired) electrons. The van der Waals surface area contributed by atoms with Gasteiger partial charge < -0.3 is 15.7 Å². The third-order valence-electron chi connectivity index (χ3n) is 4.95. The van der Waals surface area contributed by atoms with Crippen LogP contribution in [0.25, 0.3) is 0 Å². The molecular formula is C22H31F3N4O3. The summed E-state index contributed by atoms with van der Waals surface area (Å²) in [5.74, 6) is -5.20. The number of aliphatic hydroxyl groups excluding tert-OH is 1. The van der Waals surface area contributed by atoms with Crippen LogP contribution in [-0.2, 0) is 9.59 Å². The summed E-state index contributed by atoms with van der Waals surface area (Å²) in [5.41, 5.74) is 0.603. The highest BCUT2D eigenvalue weighted by molar-refractivity contribution is 5.93. The number of carbonyl (C=O) groups is 2. The molecule has 0 aromatic carbocycles. The lowest BCUT2D eigenvalue weighted by Gasteiger charge is -2.41. The van der Waals surface area contributed by atoms with Crippen molar-refractivity contribution in [1.29, 1.82) is 0 Å². The summed E-state index contributed by atoms with van der Waals surface area (Å²) in [6.07, 6.45) is 3.44. The van der Waals surface area contributed by atoms with Gasteiger partial charge in [-0.1, -0.05) is 19.9 Å². The highest BCUT2D eigenvalue weighted by Crippen LogP contribution is 2.39. The maximum absolute atomic E-state index is 14.7. The van der Waals surface area contributed by atoms with Crippen LogP contribution in [0.4, 0.5) is 19.0 Å². The number of hydrogen-bond acceptors (Lipinski definition) is 5. The van der Waals surface area contributed by atoms with E-state index in [1.54, 1.807) is 18.7 Å². The molecule has 2 rings (SSSR count). The van der Waals surface area contributed by atoms with Gasteiger partial charge in [-0.3, -0.25) is 14.5 Å². The molecule has 1 aromatic rings. The van der Waals surface area contributed by atoms with E-state index in [-0.39, 0.29) is 31.1 Å². The number of pyridine rings is 1. The van der Waals surface area contributed by atoms with E-state index < -0.39 is 36.0 Å². The fraction of sp³-hybridized carbons (Fsp3) is 0.500. The minimum Gasteiger partial charge on any atom is -0.392 e. The molecule has 3 N–H and O–H groups in total. The van der Waals surface area contributed by atoms with Crippen molar-refractivity contribution in [1.82, 2.24) is 15.2 Å². The predicted octanol–water partition coefficient (Wildman–Crippen LogP) is 3.10. The Morgan fingerprint density at radius 3 is 2.66 bits per heavy atom. The first-order valence-electron chi connectivity index (χ1n) is 10.4. The summed E-state index contributed by atoms with van der Waals surface area (Å²) >= 11 is 0. The van der Waals surface area contributed by atoms with E-state index in [0.29, 0.717) is 12.0 Å². The van der Waals surface area contributed by atoms with Gasteiger partial charge in [0.1, 0.15) is 11.6 Å². The first-order valence-corrected chi connectivity index (χ1v) is 10.4. The van der Waals surface area contributed by atoms with Crippen molar-refractivity contribution in [3.8, 4) is 0 Å². The van der Waals surface area contributed by atoms with Crippen LogP contribution < -0.4 is 10.6 Å². The summed E-state index contributed by atoms with van der Waals surface area (Å²) < 4.78 is 42.4. The number of piperidine rings is 1. The Balaban J connectivity index is 0.00000249. The van der Waals surface area contributed by atoms with Crippen LogP contribution in [0.5, 0.6) is 0 Å². The fourth-order valence-electron chi connectivity index (χ4n) is 3.18. The van der Waals surface area contributed by atoms with Gasteiger partial charge in [-0.2, -0.15) is 0 Å². The Morgan fingerprint density at radius 2 is 2.09 bits per heavy atom. The number of aromatic nitrogens is 1. The average Bonchev–Trinajstić information content (AvgIpc) is 2.78. The largest absolute Gasteiger partial charge is 0.392 e. The summed E-state index contributed by atoms with van der Waals surface area (Å²) in [7, 11) is 0. The molecule has 1 fully saturated rings. The number of nitrogens with zero attached hydrogens (tertiary/aromatic N) is 2. The van der Waals surface area contributed by atoms with Crippen LogP contribution in [0.15, 0.2) is 41.8 Å². The second-order valence-electron chi connectivity index (χ2n) is 7.16. The smallest absolute Gasteiger partial charge is 0.257 e. The molecule has 0 spiro atoms. The van der Waals surface area contributed by atoms with Crippen LogP contribution in [-0.4, -0.2) is 59.0 Å². The van der Waals surface area contributed by atoms with Gasteiger partial charge in [0.15, 0.2) is 0 Å². The van der Waals surface area contributed by atoms with Crippen molar-refractivity contribution in [3.63, 3.8) is 0 Å². The quantitative estimate of drug-likeness (QED) is 0.413. The topological polar surface area (TPSA) is 94.6 Å². The number of rotatable bonds is 8. The van der Waals surface area contributed by atoms with E-state index in [2.05, 4.69) is 15.6 Å². The van der Waals surface area contributed by atoms with Crippen molar-refractivity contribution >= 4 is 18.1 Å². The van der Waals surface area contributed by atoms with Crippen molar-refractivity contribution in [2.75, 3.05) is 25.0 Å². The van der Waals surface area contributed by atoms with Crippen molar-refractivity contribution in [2.45, 2.75) is 46.1 Å². The lowest BCUT2D eigenvalue weighted by Crippen LogP contribution is -2.53. The number of halogens is 3. The molecule has 178 valence electrons.